The Morgan fingerprint density at radius 1 is 1.38 bits per heavy atom. The zero-order valence-electron chi connectivity index (χ0n) is 14.2. The molecule has 0 spiro atoms. The minimum Gasteiger partial charge on any atom is -0.350 e. The topological polar surface area (TPSA) is 75.9 Å². The zero-order valence-corrected chi connectivity index (χ0v) is 14.2. The Labute approximate surface area is 142 Å². The first-order valence-corrected chi connectivity index (χ1v) is 8.49. The Bertz CT molecular complexity index is 663. The van der Waals surface area contributed by atoms with Gasteiger partial charge in [0.15, 0.2) is 0 Å². The maximum atomic E-state index is 12.4. The summed E-state index contributed by atoms with van der Waals surface area (Å²) in [5.41, 5.74) is 1.38. The normalized spacial score (nSPS) is 17.6. The quantitative estimate of drug-likeness (QED) is 0.900. The molecule has 7 nitrogen and oxygen atoms in total. The van der Waals surface area contributed by atoms with E-state index in [1.807, 2.05) is 12.1 Å². The van der Waals surface area contributed by atoms with Crippen molar-refractivity contribution in [2.75, 3.05) is 19.6 Å². The summed E-state index contributed by atoms with van der Waals surface area (Å²) in [7, 11) is 0. The SMILES string of the molecule is CC1CCN([C@H](C)CNC(=O)c2cccc(-n3cnnn3)c2)CC1. The van der Waals surface area contributed by atoms with E-state index < -0.39 is 0 Å². The maximum Gasteiger partial charge on any atom is 0.251 e. The predicted molar refractivity (Wildman–Crippen MR) is 90.9 cm³/mol. The monoisotopic (exact) mass is 328 g/mol. The van der Waals surface area contributed by atoms with Crippen molar-refractivity contribution in [1.82, 2.24) is 30.4 Å². The molecule has 1 aromatic carbocycles. The number of piperidine rings is 1. The molecule has 128 valence electrons. The number of hydrogen-bond acceptors (Lipinski definition) is 5. The molecule has 1 aromatic heterocycles. The Kier molecular flexibility index (Phi) is 5.20. The van der Waals surface area contributed by atoms with Crippen molar-refractivity contribution in [3.63, 3.8) is 0 Å². The van der Waals surface area contributed by atoms with Crippen LogP contribution in [0.1, 0.15) is 37.0 Å². The highest BCUT2D eigenvalue weighted by atomic mass is 16.1. The first-order valence-electron chi connectivity index (χ1n) is 8.49. The molecular weight excluding hydrogens is 304 g/mol. The summed E-state index contributed by atoms with van der Waals surface area (Å²) in [6.45, 7) is 7.37. The molecule has 0 unspecified atom stereocenters. The lowest BCUT2D eigenvalue weighted by atomic mass is 9.98. The van der Waals surface area contributed by atoms with E-state index in [4.69, 9.17) is 0 Å². The summed E-state index contributed by atoms with van der Waals surface area (Å²) in [5, 5.41) is 14.1. The number of hydrogen-bond donors (Lipinski definition) is 1. The minimum atomic E-state index is -0.0675. The van der Waals surface area contributed by atoms with Crippen molar-refractivity contribution in [2.45, 2.75) is 32.7 Å². The molecule has 1 N–H and O–H groups in total. The maximum absolute atomic E-state index is 12.4. The number of nitrogens with one attached hydrogen (secondary N) is 1. The molecule has 1 atom stereocenters. The van der Waals surface area contributed by atoms with Crippen molar-refractivity contribution in [3.05, 3.63) is 36.2 Å². The molecule has 7 heteroatoms. The van der Waals surface area contributed by atoms with E-state index in [1.54, 1.807) is 12.1 Å². The van der Waals surface area contributed by atoms with Gasteiger partial charge >= 0.3 is 0 Å². The molecule has 2 heterocycles. The van der Waals surface area contributed by atoms with Crippen LogP contribution in [-0.4, -0.2) is 56.7 Å². The number of benzene rings is 1. The molecule has 2 aromatic rings. The van der Waals surface area contributed by atoms with E-state index in [9.17, 15) is 4.79 Å². The molecule has 1 amide bonds. The number of likely N-dealkylation sites (tertiary alicyclic amines) is 1. The predicted octanol–water partition coefficient (Wildman–Crippen LogP) is 1.51. The highest BCUT2D eigenvalue weighted by Crippen LogP contribution is 2.17. The van der Waals surface area contributed by atoms with Crippen LogP contribution in [0.5, 0.6) is 0 Å². The molecule has 1 saturated heterocycles. The summed E-state index contributed by atoms with van der Waals surface area (Å²) in [5.74, 6) is 0.749. The molecular formula is C17H24N6O. The van der Waals surface area contributed by atoms with Gasteiger partial charge in [-0.15, -0.1) is 5.10 Å². The van der Waals surface area contributed by atoms with Crippen molar-refractivity contribution in [2.24, 2.45) is 5.92 Å². The van der Waals surface area contributed by atoms with Crippen molar-refractivity contribution in [1.29, 1.82) is 0 Å². The number of tetrazole rings is 1. The lowest BCUT2D eigenvalue weighted by Gasteiger charge is -2.35. The number of aromatic nitrogens is 4. The van der Waals surface area contributed by atoms with Gasteiger partial charge in [-0.3, -0.25) is 9.69 Å². The van der Waals surface area contributed by atoms with Crippen LogP contribution in [0, 0.1) is 5.92 Å². The number of rotatable bonds is 5. The molecule has 3 rings (SSSR count). The van der Waals surface area contributed by atoms with E-state index in [-0.39, 0.29) is 5.91 Å². The summed E-state index contributed by atoms with van der Waals surface area (Å²) >= 11 is 0. The van der Waals surface area contributed by atoms with Gasteiger partial charge in [0.2, 0.25) is 0 Å². The summed E-state index contributed by atoms with van der Waals surface area (Å²) < 4.78 is 1.54. The van der Waals surface area contributed by atoms with Gasteiger partial charge in [0.1, 0.15) is 6.33 Å². The van der Waals surface area contributed by atoms with Crippen LogP contribution < -0.4 is 5.32 Å². The van der Waals surface area contributed by atoms with Crippen LogP contribution in [-0.2, 0) is 0 Å². The minimum absolute atomic E-state index is 0.0675. The Morgan fingerprint density at radius 3 is 2.88 bits per heavy atom. The van der Waals surface area contributed by atoms with E-state index >= 15 is 0 Å². The van der Waals surface area contributed by atoms with Crippen molar-refractivity contribution >= 4 is 5.91 Å². The van der Waals surface area contributed by atoms with Crippen molar-refractivity contribution < 1.29 is 4.79 Å². The summed E-state index contributed by atoms with van der Waals surface area (Å²) in [4.78, 5) is 14.9. The molecule has 0 aliphatic carbocycles. The third-order valence-electron chi connectivity index (χ3n) is 4.72. The second kappa shape index (κ2) is 7.53. The van der Waals surface area contributed by atoms with Crippen LogP contribution in [0.4, 0.5) is 0 Å². The number of carbonyl (C=O) groups is 1. The van der Waals surface area contributed by atoms with Crippen LogP contribution >= 0.6 is 0 Å². The number of carbonyl (C=O) groups excluding carboxylic acids is 1. The van der Waals surface area contributed by atoms with Gasteiger partial charge < -0.3 is 5.32 Å². The van der Waals surface area contributed by atoms with Crippen LogP contribution in [0.25, 0.3) is 5.69 Å². The molecule has 0 saturated carbocycles. The molecule has 1 aliphatic heterocycles. The lowest BCUT2D eigenvalue weighted by molar-refractivity contribution is 0.0921. The third-order valence-corrected chi connectivity index (χ3v) is 4.72. The van der Waals surface area contributed by atoms with E-state index in [0.29, 0.717) is 18.2 Å². The van der Waals surface area contributed by atoms with Gasteiger partial charge in [-0.2, -0.15) is 0 Å². The Morgan fingerprint density at radius 2 is 2.17 bits per heavy atom. The zero-order chi connectivity index (χ0) is 16.9. The van der Waals surface area contributed by atoms with Crippen LogP contribution in [0.15, 0.2) is 30.6 Å². The third kappa shape index (κ3) is 3.97. The van der Waals surface area contributed by atoms with Gasteiger partial charge in [-0.05, 0) is 67.4 Å². The fourth-order valence-electron chi connectivity index (χ4n) is 3.01. The van der Waals surface area contributed by atoms with Crippen LogP contribution in [0.2, 0.25) is 0 Å². The Balaban J connectivity index is 1.56. The second-order valence-electron chi connectivity index (χ2n) is 6.58. The fraction of sp³-hybridized carbons (Fsp3) is 0.529. The van der Waals surface area contributed by atoms with Gasteiger partial charge in [-0.25, -0.2) is 4.68 Å². The van der Waals surface area contributed by atoms with E-state index in [0.717, 1.165) is 24.7 Å². The Hall–Kier alpha value is -2.28. The first-order chi connectivity index (χ1) is 11.6. The summed E-state index contributed by atoms with van der Waals surface area (Å²) in [6.07, 6.45) is 4.00. The molecule has 0 radical (unpaired) electrons. The highest BCUT2D eigenvalue weighted by Gasteiger charge is 2.20. The van der Waals surface area contributed by atoms with Gasteiger partial charge in [-0.1, -0.05) is 13.0 Å². The average molecular weight is 328 g/mol. The fourth-order valence-corrected chi connectivity index (χ4v) is 3.01. The summed E-state index contributed by atoms with van der Waals surface area (Å²) in [6, 6.07) is 7.64. The number of nitrogens with zero attached hydrogens (tertiary/aromatic N) is 5. The van der Waals surface area contributed by atoms with Gasteiger partial charge in [0, 0.05) is 18.2 Å². The van der Waals surface area contributed by atoms with Gasteiger partial charge in [0.05, 0.1) is 5.69 Å². The molecule has 24 heavy (non-hydrogen) atoms. The van der Waals surface area contributed by atoms with Crippen LogP contribution in [0.3, 0.4) is 0 Å². The van der Waals surface area contributed by atoms with E-state index in [2.05, 4.69) is 39.6 Å². The second-order valence-corrected chi connectivity index (χ2v) is 6.58. The smallest absolute Gasteiger partial charge is 0.251 e. The molecule has 0 bridgehead atoms. The molecule has 1 aliphatic rings. The lowest BCUT2D eigenvalue weighted by Crippen LogP contribution is -2.45. The highest BCUT2D eigenvalue weighted by molar-refractivity contribution is 5.94. The standard InChI is InChI=1S/C17H24N6O/c1-13-6-8-22(9-7-13)14(2)11-18-17(24)15-4-3-5-16(10-15)23-12-19-20-21-23/h3-5,10,12-14H,6-9,11H2,1-2H3,(H,18,24)/t14-/m1/s1. The van der Waals surface area contributed by atoms with Gasteiger partial charge in [0.25, 0.3) is 5.91 Å². The molecule has 1 fully saturated rings. The number of amides is 1. The largest absolute Gasteiger partial charge is 0.350 e. The average Bonchev–Trinajstić information content (AvgIpc) is 3.15. The van der Waals surface area contributed by atoms with E-state index in [1.165, 1.54) is 23.9 Å². The van der Waals surface area contributed by atoms with Crippen molar-refractivity contribution in [3.8, 4) is 5.69 Å². The first kappa shape index (κ1) is 16.6.